The van der Waals surface area contributed by atoms with Gasteiger partial charge < -0.3 is 14.2 Å². The predicted octanol–water partition coefficient (Wildman–Crippen LogP) is 2.07. The second kappa shape index (κ2) is 5.68. The van der Waals surface area contributed by atoms with Crippen LogP contribution in [0, 0.1) is 0 Å². The average Bonchev–Trinajstić information content (AvgIpc) is 2.38. The number of fused-ring (bicyclic) bond motifs is 1. The molecule has 92 valence electrons. The highest BCUT2D eigenvalue weighted by Gasteiger charge is 2.14. The number of carbonyl (C=O) groups is 1. The molecule has 1 aromatic carbocycles. The number of rotatable bonds is 5. The first-order valence-corrected chi connectivity index (χ1v) is 5.82. The van der Waals surface area contributed by atoms with Crippen LogP contribution in [0.5, 0.6) is 11.5 Å². The van der Waals surface area contributed by atoms with E-state index in [-0.39, 0.29) is 12.4 Å². The molecule has 0 aromatic heterocycles. The van der Waals surface area contributed by atoms with E-state index in [2.05, 4.69) is 0 Å². The van der Waals surface area contributed by atoms with E-state index in [4.69, 9.17) is 14.2 Å². The van der Waals surface area contributed by atoms with E-state index >= 15 is 0 Å². The van der Waals surface area contributed by atoms with Crippen LogP contribution in [0.25, 0.3) is 0 Å². The van der Waals surface area contributed by atoms with E-state index in [1.807, 2.05) is 6.92 Å². The largest absolute Gasteiger partial charge is 0.486 e. The van der Waals surface area contributed by atoms with E-state index in [1.54, 1.807) is 18.2 Å². The van der Waals surface area contributed by atoms with E-state index in [0.717, 1.165) is 6.42 Å². The van der Waals surface area contributed by atoms with Crippen LogP contribution in [0.4, 0.5) is 0 Å². The Bertz CT molecular complexity index is 400. The minimum atomic E-state index is -0.0320. The molecule has 0 radical (unpaired) electrons. The first-order valence-electron chi connectivity index (χ1n) is 5.82. The summed E-state index contributed by atoms with van der Waals surface area (Å²) < 4.78 is 16.0. The molecule has 17 heavy (non-hydrogen) atoms. The van der Waals surface area contributed by atoms with Crippen molar-refractivity contribution in [3.8, 4) is 11.5 Å². The van der Waals surface area contributed by atoms with Gasteiger partial charge in [-0.25, -0.2) is 0 Å². The Balaban J connectivity index is 2.03. The van der Waals surface area contributed by atoms with E-state index < -0.39 is 0 Å². The van der Waals surface area contributed by atoms with Gasteiger partial charge in [-0.3, -0.25) is 4.79 Å². The van der Waals surface area contributed by atoms with Gasteiger partial charge in [-0.1, -0.05) is 6.92 Å². The summed E-state index contributed by atoms with van der Waals surface area (Å²) in [5.41, 5.74) is 0.602. The molecular weight excluding hydrogens is 220 g/mol. The summed E-state index contributed by atoms with van der Waals surface area (Å²) in [6, 6.07) is 5.22. The Morgan fingerprint density at radius 3 is 2.82 bits per heavy atom. The molecule has 0 N–H and O–H groups in total. The number of ketones is 1. The SMILES string of the molecule is CCCOCC(=O)c1ccc2c(c1)OCCO2. The lowest BCUT2D eigenvalue weighted by atomic mass is 10.1. The monoisotopic (exact) mass is 236 g/mol. The van der Waals surface area contributed by atoms with Crippen molar-refractivity contribution in [2.75, 3.05) is 26.4 Å². The number of hydrogen-bond donors (Lipinski definition) is 0. The third-order valence-corrected chi connectivity index (χ3v) is 2.45. The van der Waals surface area contributed by atoms with Crippen LogP contribution >= 0.6 is 0 Å². The van der Waals surface area contributed by atoms with Crippen LogP contribution in [-0.2, 0) is 4.74 Å². The molecule has 0 saturated heterocycles. The summed E-state index contributed by atoms with van der Waals surface area (Å²) >= 11 is 0. The van der Waals surface area contributed by atoms with Crippen LogP contribution in [-0.4, -0.2) is 32.2 Å². The van der Waals surface area contributed by atoms with Crippen molar-refractivity contribution in [2.24, 2.45) is 0 Å². The molecule has 1 aliphatic heterocycles. The zero-order chi connectivity index (χ0) is 12.1. The summed E-state index contributed by atoms with van der Waals surface area (Å²) in [6.07, 6.45) is 0.911. The second-order valence-corrected chi connectivity index (χ2v) is 3.83. The number of carbonyl (C=O) groups excluding carboxylic acids is 1. The van der Waals surface area contributed by atoms with Gasteiger partial charge >= 0.3 is 0 Å². The maximum atomic E-state index is 11.8. The molecule has 0 spiro atoms. The molecule has 0 fully saturated rings. The highest BCUT2D eigenvalue weighted by molar-refractivity contribution is 5.97. The molecule has 1 aliphatic rings. The van der Waals surface area contributed by atoms with Crippen molar-refractivity contribution in [1.82, 2.24) is 0 Å². The molecule has 0 saturated carbocycles. The molecular formula is C13H16O4. The second-order valence-electron chi connectivity index (χ2n) is 3.83. The fraction of sp³-hybridized carbons (Fsp3) is 0.462. The molecule has 0 aliphatic carbocycles. The quantitative estimate of drug-likeness (QED) is 0.580. The van der Waals surface area contributed by atoms with Crippen LogP contribution in [0.2, 0.25) is 0 Å². The summed E-state index contributed by atoms with van der Waals surface area (Å²) in [5, 5.41) is 0. The summed E-state index contributed by atoms with van der Waals surface area (Å²) in [7, 11) is 0. The van der Waals surface area contributed by atoms with Gasteiger partial charge in [0.1, 0.15) is 19.8 Å². The Hall–Kier alpha value is -1.55. The van der Waals surface area contributed by atoms with Gasteiger partial charge in [0, 0.05) is 12.2 Å². The highest BCUT2D eigenvalue weighted by atomic mass is 16.6. The van der Waals surface area contributed by atoms with E-state index in [9.17, 15) is 4.79 Å². The molecule has 0 unspecified atom stereocenters. The van der Waals surface area contributed by atoms with Gasteiger partial charge in [0.2, 0.25) is 0 Å². The molecule has 2 rings (SSSR count). The number of Topliss-reactive ketones (excluding diaryl/α,β-unsaturated/α-hetero) is 1. The number of ether oxygens (including phenoxy) is 3. The lowest BCUT2D eigenvalue weighted by Crippen LogP contribution is -2.16. The van der Waals surface area contributed by atoms with Crippen molar-refractivity contribution >= 4 is 5.78 Å². The zero-order valence-corrected chi connectivity index (χ0v) is 9.90. The Morgan fingerprint density at radius 1 is 1.29 bits per heavy atom. The molecule has 1 heterocycles. The van der Waals surface area contributed by atoms with Crippen molar-refractivity contribution in [2.45, 2.75) is 13.3 Å². The maximum Gasteiger partial charge on any atom is 0.188 e. The van der Waals surface area contributed by atoms with Crippen molar-refractivity contribution in [1.29, 1.82) is 0 Å². The van der Waals surface area contributed by atoms with E-state index in [1.165, 1.54) is 0 Å². The Morgan fingerprint density at radius 2 is 2.06 bits per heavy atom. The van der Waals surface area contributed by atoms with Crippen molar-refractivity contribution in [3.63, 3.8) is 0 Å². The smallest absolute Gasteiger partial charge is 0.188 e. The first kappa shape index (κ1) is 11.9. The van der Waals surface area contributed by atoms with Crippen LogP contribution in [0.3, 0.4) is 0 Å². The molecule has 0 atom stereocenters. The zero-order valence-electron chi connectivity index (χ0n) is 9.90. The summed E-state index contributed by atoms with van der Waals surface area (Å²) in [5.74, 6) is 1.30. The number of benzene rings is 1. The van der Waals surface area contributed by atoms with Crippen LogP contribution in [0.1, 0.15) is 23.7 Å². The predicted molar refractivity (Wildman–Crippen MR) is 62.9 cm³/mol. The lowest BCUT2D eigenvalue weighted by molar-refractivity contribution is 0.0760. The standard InChI is InChI=1S/C13H16O4/c1-2-5-15-9-11(14)10-3-4-12-13(8-10)17-7-6-16-12/h3-4,8H,2,5-7,9H2,1H3. The highest BCUT2D eigenvalue weighted by Crippen LogP contribution is 2.30. The fourth-order valence-electron chi connectivity index (χ4n) is 1.61. The molecule has 4 nitrogen and oxygen atoms in total. The third kappa shape index (κ3) is 2.97. The van der Waals surface area contributed by atoms with Gasteiger partial charge in [-0.15, -0.1) is 0 Å². The van der Waals surface area contributed by atoms with Crippen molar-refractivity contribution in [3.05, 3.63) is 23.8 Å². The maximum absolute atomic E-state index is 11.8. The molecule has 4 heteroatoms. The van der Waals surface area contributed by atoms with Gasteiger partial charge in [-0.05, 0) is 24.6 Å². The summed E-state index contributed by atoms with van der Waals surface area (Å²) in [6.45, 7) is 3.81. The van der Waals surface area contributed by atoms with Crippen molar-refractivity contribution < 1.29 is 19.0 Å². The lowest BCUT2D eigenvalue weighted by Gasteiger charge is -2.18. The molecule has 0 amide bonds. The summed E-state index contributed by atoms with van der Waals surface area (Å²) in [4.78, 5) is 11.8. The normalized spacial score (nSPS) is 13.5. The number of hydrogen-bond acceptors (Lipinski definition) is 4. The van der Waals surface area contributed by atoms with Gasteiger partial charge in [-0.2, -0.15) is 0 Å². The van der Waals surface area contributed by atoms with Crippen LogP contribution in [0.15, 0.2) is 18.2 Å². The molecule has 0 bridgehead atoms. The minimum Gasteiger partial charge on any atom is -0.486 e. The Kier molecular flexibility index (Phi) is 3.98. The molecule has 1 aromatic rings. The topological polar surface area (TPSA) is 44.8 Å². The Labute approximate surface area is 100 Å². The van der Waals surface area contributed by atoms with Crippen LogP contribution < -0.4 is 9.47 Å². The average molecular weight is 236 g/mol. The minimum absolute atomic E-state index is 0.0320. The first-order chi connectivity index (χ1) is 8.31. The third-order valence-electron chi connectivity index (χ3n) is 2.45. The van der Waals surface area contributed by atoms with Gasteiger partial charge in [0.05, 0.1) is 0 Å². The van der Waals surface area contributed by atoms with Gasteiger partial charge in [0.25, 0.3) is 0 Å². The van der Waals surface area contributed by atoms with Gasteiger partial charge in [0.15, 0.2) is 17.3 Å². The van der Waals surface area contributed by atoms with E-state index in [0.29, 0.717) is 36.9 Å². The fourth-order valence-corrected chi connectivity index (χ4v) is 1.61.